The second kappa shape index (κ2) is 6.57. The predicted octanol–water partition coefficient (Wildman–Crippen LogP) is 3.05. The van der Waals surface area contributed by atoms with Crippen molar-refractivity contribution in [1.82, 2.24) is 19.9 Å². The monoisotopic (exact) mass is 314 g/mol. The summed E-state index contributed by atoms with van der Waals surface area (Å²) in [6.45, 7) is 4.07. The molecule has 23 heavy (non-hydrogen) atoms. The second-order valence-corrected chi connectivity index (χ2v) is 7.04. The number of likely N-dealkylation sites (tertiary alicyclic amines) is 1. The lowest BCUT2D eigenvalue weighted by Crippen LogP contribution is -2.18. The molecule has 0 radical (unpaired) electrons. The molecule has 2 saturated heterocycles. The minimum atomic E-state index is 0.492. The summed E-state index contributed by atoms with van der Waals surface area (Å²) >= 11 is 0. The zero-order valence-corrected chi connectivity index (χ0v) is 13.9. The van der Waals surface area contributed by atoms with E-state index in [1.165, 1.54) is 43.4 Å². The van der Waals surface area contributed by atoms with Crippen LogP contribution in [0.15, 0.2) is 12.3 Å². The summed E-state index contributed by atoms with van der Waals surface area (Å²) in [5, 5.41) is 0. The molecule has 0 amide bonds. The minimum Gasteiger partial charge on any atom is -0.381 e. The fraction of sp³-hybridized carbons (Fsp3) is 0.667. The van der Waals surface area contributed by atoms with E-state index in [1.54, 1.807) is 0 Å². The molecule has 2 fully saturated rings. The van der Waals surface area contributed by atoms with Crippen molar-refractivity contribution in [3.05, 3.63) is 23.7 Å². The van der Waals surface area contributed by atoms with Crippen LogP contribution in [0.5, 0.6) is 0 Å². The Morgan fingerprint density at radius 2 is 2.00 bits per heavy atom. The lowest BCUT2D eigenvalue weighted by atomic mass is 9.92. The molecule has 0 saturated carbocycles. The van der Waals surface area contributed by atoms with E-state index < -0.39 is 0 Å². The summed E-state index contributed by atoms with van der Waals surface area (Å²) in [7, 11) is 2.23. The summed E-state index contributed by atoms with van der Waals surface area (Å²) in [4.78, 5) is 15.4. The summed E-state index contributed by atoms with van der Waals surface area (Å²) in [5.41, 5.74) is 3.47. The number of aromatic nitrogens is 3. The van der Waals surface area contributed by atoms with Crippen LogP contribution in [-0.4, -0.2) is 53.2 Å². The third-order valence-electron chi connectivity index (χ3n) is 5.44. The van der Waals surface area contributed by atoms with Gasteiger partial charge in [-0.25, -0.2) is 9.97 Å². The molecule has 1 N–H and O–H groups in total. The summed E-state index contributed by atoms with van der Waals surface area (Å²) in [6.07, 6.45) is 7.80. The van der Waals surface area contributed by atoms with Gasteiger partial charge in [0.25, 0.3) is 0 Å². The van der Waals surface area contributed by atoms with Crippen molar-refractivity contribution < 1.29 is 4.74 Å². The van der Waals surface area contributed by atoms with Gasteiger partial charge in [0.2, 0.25) is 0 Å². The Morgan fingerprint density at radius 3 is 2.87 bits per heavy atom. The smallest absolute Gasteiger partial charge is 0.177 e. The van der Waals surface area contributed by atoms with Gasteiger partial charge in [-0.1, -0.05) is 0 Å². The average molecular weight is 314 g/mol. The predicted molar refractivity (Wildman–Crippen MR) is 90.8 cm³/mol. The number of nitrogens with zero attached hydrogens (tertiary/aromatic N) is 3. The van der Waals surface area contributed by atoms with Crippen molar-refractivity contribution in [2.24, 2.45) is 0 Å². The number of rotatable bonds is 2. The molecule has 2 aliphatic rings. The van der Waals surface area contributed by atoms with Crippen LogP contribution in [0.3, 0.4) is 0 Å². The van der Waals surface area contributed by atoms with E-state index in [2.05, 4.69) is 28.0 Å². The van der Waals surface area contributed by atoms with Crippen LogP contribution in [0.2, 0.25) is 0 Å². The van der Waals surface area contributed by atoms with Crippen LogP contribution in [0.25, 0.3) is 11.2 Å². The first-order valence-electron chi connectivity index (χ1n) is 8.92. The molecule has 2 aromatic rings. The van der Waals surface area contributed by atoms with E-state index in [0.29, 0.717) is 11.8 Å². The molecule has 1 atom stereocenters. The maximum absolute atomic E-state index is 5.48. The zero-order valence-electron chi connectivity index (χ0n) is 13.9. The standard InChI is InChI=1S/C18H26N4O/c1-22-9-2-3-13(5-10-22)15-4-8-19-18-16(15)20-17(21-18)14-6-11-23-12-7-14/h4,8,13-14H,2-3,5-7,9-12H2,1H3,(H,19,20,21). The average Bonchev–Trinajstić information content (AvgIpc) is 2.92. The number of nitrogens with one attached hydrogen (secondary N) is 1. The number of hydrogen-bond acceptors (Lipinski definition) is 4. The first-order valence-corrected chi connectivity index (χ1v) is 8.92. The molecule has 5 heteroatoms. The van der Waals surface area contributed by atoms with Crippen molar-refractivity contribution in [1.29, 1.82) is 0 Å². The second-order valence-electron chi connectivity index (χ2n) is 7.04. The number of imidazole rings is 1. The Kier molecular flexibility index (Phi) is 4.31. The van der Waals surface area contributed by atoms with Gasteiger partial charge in [-0.2, -0.15) is 0 Å². The van der Waals surface area contributed by atoms with E-state index >= 15 is 0 Å². The van der Waals surface area contributed by atoms with Gasteiger partial charge in [-0.3, -0.25) is 0 Å². The van der Waals surface area contributed by atoms with Gasteiger partial charge in [-0.05, 0) is 69.8 Å². The topological polar surface area (TPSA) is 54.0 Å². The Hall–Kier alpha value is -1.46. The normalized spacial score (nSPS) is 24.8. The maximum Gasteiger partial charge on any atom is 0.177 e. The zero-order chi connectivity index (χ0) is 15.6. The largest absolute Gasteiger partial charge is 0.381 e. The van der Waals surface area contributed by atoms with Gasteiger partial charge in [0, 0.05) is 25.3 Å². The van der Waals surface area contributed by atoms with E-state index in [4.69, 9.17) is 9.72 Å². The molecule has 2 aliphatic heterocycles. The molecule has 0 aromatic carbocycles. The van der Waals surface area contributed by atoms with E-state index in [0.717, 1.165) is 37.5 Å². The Bertz CT molecular complexity index is 662. The maximum atomic E-state index is 5.48. The van der Waals surface area contributed by atoms with Crippen LogP contribution in [0.4, 0.5) is 0 Å². The van der Waals surface area contributed by atoms with Gasteiger partial charge in [0.15, 0.2) is 5.65 Å². The van der Waals surface area contributed by atoms with E-state index in [1.807, 2.05) is 6.20 Å². The molecule has 0 aliphatic carbocycles. The first kappa shape index (κ1) is 15.1. The summed E-state index contributed by atoms with van der Waals surface area (Å²) < 4.78 is 5.48. The molecular weight excluding hydrogens is 288 g/mol. The molecule has 124 valence electrons. The molecular formula is C18H26N4O. The number of fused-ring (bicyclic) bond motifs is 1. The van der Waals surface area contributed by atoms with Crippen molar-refractivity contribution in [2.45, 2.75) is 43.9 Å². The Balaban J connectivity index is 1.65. The van der Waals surface area contributed by atoms with Crippen molar-refractivity contribution in [3.63, 3.8) is 0 Å². The lowest BCUT2D eigenvalue weighted by molar-refractivity contribution is 0.0838. The third kappa shape index (κ3) is 3.12. The highest BCUT2D eigenvalue weighted by atomic mass is 16.5. The van der Waals surface area contributed by atoms with Crippen LogP contribution >= 0.6 is 0 Å². The quantitative estimate of drug-likeness (QED) is 0.925. The van der Waals surface area contributed by atoms with Crippen LogP contribution < -0.4 is 0 Å². The summed E-state index contributed by atoms with van der Waals surface area (Å²) in [6, 6.07) is 2.20. The number of pyridine rings is 1. The van der Waals surface area contributed by atoms with Gasteiger partial charge < -0.3 is 14.6 Å². The SMILES string of the molecule is CN1CCCC(c2ccnc3nc(C4CCOCC4)[nH]c23)CC1. The molecule has 1 unspecified atom stereocenters. The van der Waals surface area contributed by atoms with Crippen molar-refractivity contribution >= 4 is 11.2 Å². The van der Waals surface area contributed by atoms with E-state index in [-0.39, 0.29) is 0 Å². The van der Waals surface area contributed by atoms with Crippen LogP contribution in [-0.2, 0) is 4.74 Å². The van der Waals surface area contributed by atoms with Crippen LogP contribution in [0, 0.1) is 0 Å². The Labute approximate surface area is 137 Å². The minimum absolute atomic E-state index is 0.492. The lowest BCUT2D eigenvalue weighted by Gasteiger charge is -2.19. The van der Waals surface area contributed by atoms with Crippen LogP contribution in [0.1, 0.15) is 55.3 Å². The van der Waals surface area contributed by atoms with Crippen molar-refractivity contribution in [2.75, 3.05) is 33.4 Å². The molecule has 2 aromatic heterocycles. The Morgan fingerprint density at radius 1 is 1.13 bits per heavy atom. The molecule has 0 spiro atoms. The highest BCUT2D eigenvalue weighted by Gasteiger charge is 2.23. The van der Waals surface area contributed by atoms with Crippen molar-refractivity contribution in [3.8, 4) is 0 Å². The molecule has 4 heterocycles. The van der Waals surface area contributed by atoms with Gasteiger partial charge >= 0.3 is 0 Å². The number of ether oxygens (including phenoxy) is 1. The van der Waals surface area contributed by atoms with Gasteiger partial charge in [-0.15, -0.1) is 0 Å². The fourth-order valence-electron chi connectivity index (χ4n) is 4.00. The number of H-pyrrole nitrogens is 1. The third-order valence-corrected chi connectivity index (χ3v) is 5.44. The highest BCUT2D eigenvalue weighted by molar-refractivity contribution is 5.75. The van der Waals surface area contributed by atoms with E-state index in [9.17, 15) is 0 Å². The molecule has 5 nitrogen and oxygen atoms in total. The number of hydrogen-bond donors (Lipinski definition) is 1. The first-order chi connectivity index (χ1) is 11.3. The molecule has 4 rings (SSSR count). The van der Waals surface area contributed by atoms with Gasteiger partial charge in [0.1, 0.15) is 5.82 Å². The molecule has 0 bridgehead atoms. The van der Waals surface area contributed by atoms with Gasteiger partial charge in [0.05, 0.1) is 5.52 Å². The summed E-state index contributed by atoms with van der Waals surface area (Å²) in [5.74, 6) is 2.22. The fourth-order valence-corrected chi connectivity index (χ4v) is 4.00. The highest BCUT2D eigenvalue weighted by Crippen LogP contribution is 2.33. The number of aromatic amines is 1.